The molecule has 1 amide bonds. The first-order valence-electron chi connectivity index (χ1n) is 6.48. The van der Waals surface area contributed by atoms with Gasteiger partial charge in [-0.3, -0.25) is 4.79 Å². The fraction of sp³-hybridized carbons (Fsp3) is 0.500. The molecule has 0 aliphatic heterocycles. The zero-order valence-electron chi connectivity index (χ0n) is 11.3. The molecule has 0 unspecified atom stereocenters. The zero-order valence-corrected chi connectivity index (χ0v) is 12.2. The van der Waals surface area contributed by atoms with E-state index >= 15 is 0 Å². The number of halogens is 3. The molecule has 0 fully saturated rings. The standard InChI is InChI=1S/C14H18F3NOS/c1-20-7-5-3-2-4-6-18-14(19)10-8-11(15)13(17)12(16)9-10/h8-9H,2-7H2,1H3,(H,18,19). The molecule has 20 heavy (non-hydrogen) atoms. The molecule has 0 aliphatic rings. The molecule has 0 aliphatic carbocycles. The minimum atomic E-state index is -1.56. The van der Waals surface area contributed by atoms with Crippen LogP contribution >= 0.6 is 11.8 Å². The second-order valence-corrected chi connectivity index (χ2v) is 5.40. The van der Waals surface area contributed by atoms with E-state index in [0.717, 1.165) is 31.4 Å². The van der Waals surface area contributed by atoms with Crippen LogP contribution in [0.5, 0.6) is 0 Å². The molecular weight excluding hydrogens is 287 g/mol. The van der Waals surface area contributed by atoms with Crippen molar-refractivity contribution in [3.05, 3.63) is 35.1 Å². The molecule has 0 radical (unpaired) electrons. The summed E-state index contributed by atoms with van der Waals surface area (Å²) in [5.41, 5.74) is -0.205. The van der Waals surface area contributed by atoms with Crippen LogP contribution < -0.4 is 5.32 Å². The van der Waals surface area contributed by atoms with Crippen LogP contribution in [0.25, 0.3) is 0 Å². The Morgan fingerprint density at radius 1 is 1.10 bits per heavy atom. The zero-order chi connectivity index (χ0) is 15.0. The minimum Gasteiger partial charge on any atom is -0.352 e. The van der Waals surface area contributed by atoms with Gasteiger partial charge in [-0.05, 0) is 37.0 Å². The number of nitrogens with one attached hydrogen (secondary N) is 1. The van der Waals surface area contributed by atoms with Crippen molar-refractivity contribution in [2.75, 3.05) is 18.6 Å². The molecule has 0 atom stereocenters. The first-order valence-corrected chi connectivity index (χ1v) is 7.87. The summed E-state index contributed by atoms with van der Waals surface area (Å²) in [7, 11) is 0. The Kier molecular flexibility index (Phi) is 7.51. The quantitative estimate of drug-likeness (QED) is 0.585. The lowest BCUT2D eigenvalue weighted by Gasteiger charge is -2.06. The predicted octanol–water partition coefficient (Wildman–Crippen LogP) is 3.76. The van der Waals surface area contributed by atoms with E-state index in [0.29, 0.717) is 18.7 Å². The highest BCUT2D eigenvalue weighted by molar-refractivity contribution is 7.98. The maximum Gasteiger partial charge on any atom is 0.251 e. The van der Waals surface area contributed by atoms with Gasteiger partial charge in [0.15, 0.2) is 17.5 Å². The maximum absolute atomic E-state index is 13.0. The Bertz CT molecular complexity index is 431. The van der Waals surface area contributed by atoms with E-state index in [9.17, 15) is 18.0 Å². The Hall–Kier alpha value is -1.17. The van der Waals surface area contributed by atoms with Crippen LogP contribution in [-0.4, -0.2) is 24.5 Å². The van der Waals surface area contributed by atoms with Crippen LogP contribution in [0, 0.1) is 17.5 Å². The number of amides is 1. The lowest BCUT2D eigenvalue weighted by atomic mass is 10.1. The van der Waals surface area contributed by atoms with Crippen LogP contribution in [0.15, 0.2) is 12.1 Å². The monoisotopic (exact) mass is 305 g/mol. The Labute approximate surface area is 121 Å². The molecule has 1 N–H and O–H groups in total. The molecule has 0 spiro atoms. The molecule has 1 aromatic rings. The molecule has 6 heteroatoms. The Morgan fingerprint density at radius 2 is 1.70 bits per heavy atom. The molecule has 0 saturated carbocycles. The van der Waals surface area contributed by atoms with Crippen molar-refractivity contribution in [1.29, 1.82) is 0 Å². The van der Waals surface area contributed by atoms with Crippen molar-refractivity contribution in [2.45, 2.75) is 25.7 Å². The van der Waals surface area contributed by atoms with Crippen molar-refractivity contribution in [1.82, 2.24) is 5.32 Å². The molecule has 0 bridgehead atoms. The number of benzene rings is 1. The first kappa shape index (κ1) is 16.9. The van der Waals surface area contributed by atoms with E-state index in [2.05, 4.69) is 11.6 Å². The molecule has 0 aromatic heterocycles. The van der Waals surface area contributed by atoms with Gasteiger partial charge in [-0.25, -0.2) is 13.2 Å². The van der Waals surface area contributed by atoms with E-state index in [-0.39, 0.29) is 5.56 Å². The molecule has 2 nitrogen and oxygen atoms in total. The molecule has 1 aromatic carbocycles. The number of carbonyl (C=O) groups is 1. The summed E-state index contributed by atoms with van der Waals surface area (Å²) in [5.74, 6) is -3.73. The highest BCUT2D eigenvalue weighted by atomic mass is 32.2. The SMILES string of the molecule is CSCCCCCCNC(=O)c1cc(F)c(F)c(F)c1. The van der Waals surface area contributed by atoms with Gasteiger partial charge < -0.3 is 5.32 Å². The normalized spacial score (nSPS) is 10.6. The summed E-state index contributed by atoms with van der Waals surface area (Å²) in [6, 6.07) is 1.40. The number of hydrogen-bond donors (Lipinski definition) is 1. The topological polar surface area (TPSA) is 29.1 Å². The fourth-order valence-electron chi connectivity index (χ4n) is 1.72. The average Bonchev–Trinajstić information content (AvgIpc) is 2.43. The fourth-order valence-corrected chi connectivity index (χ4v) is 2.21. The summed E-state index contributed by atoms with van der Waals surface area (Å²) in [4.78, 5) is 11.6. The predicted molar refractivity (Wildman–Crippen MR) is 75.5 cm³/mol. The second-order valence-electron chi connectivity index (χ2n) is 4.42. The van der Waals surface area contributed by atoms with Gasteiger partial charge in [0.1, 0.15) is 0 Å². The van der Waals surface area contributed by atoms with Gasteiger partial charge in [0, 0.05) is 12.1 Å². The first-order chi connectivity index (χ1) is 9.56. The van der Waals surface area contributed by atoms with E-state index in [4.69, 9.17) is 0 Å². The summed E-state index contributed by atoms with van der Waals surface area (Å²) in [6.07, 6.45) is 6.10. The molecule has 112 valence electrons. The van der Waals surface area contributed by atoms with Gasteiger partial charge in [0.05, 0.1) is 0 Å². The molecule has 0 saturated heterocycles. The van der Waals surface area contributed by atoms with E-state index in [1.54, 1.807) is 11.8 Å². The van der Waals surface area contributed by atoms with Crippen molar-refractivity contribution < 1.29 is 18.0 Å². The van der Waals surface area contributed by atoms with Crippen LogP contribution in [-0.2, 0) is 0 Å². The largest absolute Gasteiger partial charge is 0.352 e. The smallest absolute Gasteiger partial charge is 0.251 e. The van der Waals surface area contributed by atoms with Crippen LogP contribution in [0.4, 0.5) is 13.2 Å². The summed E-state index contributed by atoms with van der Waals surface area (Å²) < 4.78 is 38.7. The van der Waals surface area contributed by atoms with Gasteiger partial charge in [0.25, 0.3) is 5.91 Å². The van der Waals surface area contributed by atoms with Crippen LogP contribution in [0.2, 0.25) is 0 Å². The van der Waals surface area contributed by atoms with Crippen molar-refractivity contribution in [2.24, 2.45) is 0 Å². The third-order valence-electron chi connectivity index (χ3n) is 2.81. The lowest BCUT2D eigenvalue weighted by Crippen LogP contribution is -2.24. The third-order valence-corrected chi connectivity index (χ3v) is 3.50. The molecule has 1 rings (SSSR count). The Morgan fingerprint density at radius 3 is 2.30 bits per heavy atom. The highest BCUT2D eigenvalue weighted by Crippen LogP contribution is 2.13. The maximum atomic E-state index is 13.0. The van der Waals surface area contributed by atoms with Crippen molar-refractivity contribution in [3.63, 3.8) is 0 Å². The molecular formula is C14H18F3NOS. The summed E-state index contributed by atoms with van der Waals surface area (Å²) in [5, 5.41) is 2.56. The van der Waals surface area contributed by atoms with E-state index < -0.39 is 23.4 Å². The lowest BCUT2D eigenvalue weighted by molar-refractivity contribution is 0.0951. The van der Waals surface area contributed by atoms with E-state index in [1.807, 2.05) is 0 Å². The van der Waals surface area contributed by atoms with Gasteiger partial charge >= 0.3 is 0 Å². The minimum absolute atomic E-state index is 0.205. The number of rotatable bonds is 8. The molecule has 0 heterocycles. The highest BCUT2D eigenvalue weighted by Gasteiger charge is 2.14. The van der Waals surface area contributed by atoms with Crippen molar-refractivity contribution in [3.8, 4) is 0 Å². The van der Waals surface area contributed by atoms with Crippen LogP contribution in [0.3, 0.4) is 0 Å². The van der Waals surface area contributed by atoms with Crippen molar-refractivity contribution >= 4 is 17.7 Å². The summed E-state index contributed by atoms with van der Waals surface area (Å²) in [6.45, 7) is 0.443. The van der Waals surface area contributed by atoms with Gasteiger partial charge in [-0.2, -0.15) is 11.8 Å². The van der Waals surface area contributed by atoms with Crippen LogP contribution in [0.1, 0.15) is 36.0 Å². The Balaban J connectivity index is 2.33. The second kappa shape index (κ2) is 8.89. The van der Waals surface area contributed by atoms with Gasteiger partial charge in [-0.15, -0.1) is 0 Å². The third kappa shape index (κ3) is 5.45. The van der Waals surface area contributed by atoms with Gasteiger partial charge in [0.2, 0.25) is 0 Å². The summed E-state index contributed by atoms with van der Waals surface area (Å²) >= 11 is 1.80. The average molecular weight is 305 g/mol. The number of hydrogen-bond acceptors (Lipinski definition) is 2. The van der Waals surface area contributed by atoms with E-state index in [1.165, 1.54) is 0 Å². The number of unbranched alkanes of at least 4 members (excludes halogenated alkanes) is 3. The van der Waals surface area contributed by atoms with Gasteiger partial charge in [-0.1, -0.05) is 12.8 Å². The number of carbonyl (C=O) groups excluding carboxylic acids is 1. The number of thioether (sulfide) groups is 1.